The molecule has 2 atom stereocenters. The fourth-order valence-electron chi connectivity index (χ4n) is 3.00. The van der Waals surface area contributed by atoms with Gasteiger partial charge in [0.25, 0.3) is 5.91 Å². The van der Waals surface area contributed by atoms with E-state index in [0.29, 0.717) is 17.9 Å². The quantitative estimate of drug-likeness (QED) is 0.866. The van der Waals surface area contributed by atoms with Gasteiger partial charge in [-0.15, -0.1) is 0 Å². The number of imidazole rings is 1. The summed E-state index contributed by atoms with van der Waals surface area (Å²) in [5, 5.41) is 8.81. The van der Waals surface area contributed by atoms with E-state index in [1.165, 1.54) is 0 Å². The van der Waals surface area contributed by atoms with Gasteiger partial charge in [0, 0.05) is 25.5 Å². The smallest absolute Gasteiger partial charge is 0.263 e. The number of hydrogen-bond donors (Lipinski definition) is 0. The Hall–Kier alpha value is -2.81. The van der Waals surface area contributed by atoms with Gasteiger partial charge in [0.05, 0.1) is 24.0 Å². The summed E-state index contributed by atoms with van der Waals surface area (Å²) in [6, 6.07) is 9.13. The summed E-state index contributed by atoms with van der Waals surface area (Å²) in [7, 11) is 0. The van der Waals surface area contributed by atoms with Crippen LogP contribution < -0.4 is 4.74 Å². The molecule has 1 fully saturated rings. The molecule has 24 heavy (non-hydrogen) atoms. The predicted octanol–water partition coefficient (Wildman–Crippen LogP) is 2.39. The number of hydrogen-bond acceptors (Lipinski definition) is 4. The zero-order valence-electron chi connectivity index (χ0n) is 13.6. The van der Waals surface area contributed by atoms with Gasteiger partial charge in [-0.3, -0.25) is 4.79 Å². The zero-order chi connectivity index (χ0) is 16.9. The number of benzene rings is 1. The van der Waals surface area contributed by atoms with Gasteiger partial charge in [-0.25, -0.2) is 4.98 Å². The van der Waals surface area contributed by atoms with Crippen LogP contribution in [-0.2, 0) is 4.79 Å². The van der Waals surface area contributed by atoms with E-state index >= 15 is 0 Å². The maximum absolute atomic E-state index is 12.7. The second-order valence-electron chi connectivity index (χ2n) is 5.99. The maximum Gasteiger partial charge on any atom is 0.263 e. The van der Waals surface area contributed by atoms with Gasteiger partial charge in [0.2, 0.25) is 0 Å². The molecular weight excluding hydrogens is 304 g/mol. The van der Waals surface area contributed by atoms with Crippen molar-refractivity contribution < 1.29 is 9.53 Å². The summed E-state index contributed by atoms with van der Waals surface area (Å²) in [6.45, 7) is 3.20. The lowest BCUT2D eigenvalue weighted by Crippen LogP contribution is -2.46. The van der Waals surface area contributed by atoms with E-state index in [9.17, 15) is 4.79 Å². The topological polar surface area (TPSA) is 71.2 Å². The number of nitrogens with zero attached hydrogens (tertiary/aromatic N) is 4. The molecular formula is C18H20N4O2. The summed E-state index contributed by atoms with van der Waals surface area (Å²) in [6.07, 6.45) is 6.96. The molecule has 1 aliphatic rings. The Morgan fingerprint density at radius 2 is 2.21 bits per heavy atom. The molecule has 0 spiro atoms. The molecule has 3 rings (SSSR count). The van der Waals surface area contributed by atoms with Crippen LogP contribution in [0.4, 0.5) is 0 Å². The number of amides is 1. The molecule has 6 heteroatoms. The van der Waals surface area contributed by atoms with Crippen molar-refractivity contribution in [2.45, 2.75) is 31.9 Å². The Labute approximate surface area is 141 Å². The SMILES string of the molecule is C[C@H](Oc1ccc(C#N)cc1)C(=O)N1CCC[C@H](n2ccnc2)C1. The number of carbonyl (C=O) groups excluding carboxylic acids is 1. The van der Waals surface area contributed by atoms with Crippen molar-refractivity contribution >= 4 is 5.91 Å². The Balaban J connectivity index is 1.61. The summed E-state index contributed by atoms with van der Waals surface area (Å²) in [5.74, 6) is 0.585. The first-order valence-corrected chi connectivity index (χ1v) is 8.10. The van der Waals surface area contributed by atoms with Gasteiger partial charge in [0.1, 0.15) is 5.75 Å². The monoisotopic (exact) mass is 324 g/mol. The van der Waals surface area contributed by atoms with Gasteiger partial charge in [0.15, 0.2) is 6.10 Å². The molecule has 0 unspecified atom stereocenters. The van der Waals surface area contributed by atoms with Gasteiger partial charge in [-0.1, -0.05) is 0 Å². The largest absolute Gasteiger partial charge is 0.481 e. The number of carbonyl (C=O) groups is 1. The van der Waals surface area contributed by atoms with Gasteiger partial charge < -0.3 is 14.2 Å². The highest BCUT2D eigenvalue weighted by molar-refractivity contribution is 5.81. The Morgan fingerprint density at radius 1 is 1.42 bits per heavy atom. The van der Waals surface area contributed by atoms with Crippen LogP contribution in [0.5, 0.6) is 5.75 Å². The third-order valence-electron chi connectivity index (χ3n) is 4.30. The highest BCUT2D eigenvalue weighted by Crippen LogP contribution is 2.22. The standard InChI is InChI=1S/C18H20N4O2/c1-14(24-17-6-4-15(11-19)5-7-17)18(23)21-9-2-3-16(12-21)22-10-8-20-13-22/h4-8,10,13-14,16H,2-3,9,12H2,1H3/t14-,16-/m0/s1. The fraction of sp³-hybridized carbons (Fsp3) is 0.389. The molecule has 6 nitrogen and oxygen atoms in total. The van der Waals surface area contributed by atoms with Crippen molar-refractivity contribution in [3.8, 4) is 11.8 Å². The third-order valence-corrected chi connectivity index (χ3v) is 4.30. The Morgan fingerprint density at radius 3 is 2.88 bits per heavy atom. The molecule has 0 aliphatic carbocycles. The molecule has 2 heterocycles. The maximum atomic E-state index is 12.7. The van der Waals surface area contributed by atoms with Crippen LogP contribution in [0.15, 0.2) is 43.0 Å². The minimum Gasteiger partial charge on any atom is -0.481 e. The van der Waals surface area contributed by atoms with Crippen LogP contribution in [-0.4, -0.2) is 39.6 Å². The number of rotatable bonds is 4. The summed E-state index contributed by atoms with van der Waals surface area (Å²) in [4.78, 5) is 18.6. The molecule has 1 saturated heterocycles. The van der Waals surface area contributed by atoms with Crippen LogP contribution in [0.25, 0.3) is 0 Å². The molecule has 0 saturated carbocycles. The number of piperidine rings is 1. The van der Waals surface area contributed by atoms with Crippen LogP contribution in [0.2, 0.25) is 0 Å². The molecule has 0 N–H and O–H groups in total. The lowest BCUT2D eigenvalue weighted by molar-refractivity contribution is -0.139. The van der Waals surface area contributed by atoms with Crippen LogP contribution in [0, 0.1) is 11.3 Å². The van der Waals surface area contributed by atoms with E-state index in [4.69, 9.17) is 10.00 Å². The van der Waals surface area contributed by atoms with E-state index in [-0.39, 0.29) is 11.9 Å². The fourth-order valence-corrected chi connectivity index (χ4v) is 3.00. The van der Waals surface area contributed by atoms with Gasteiger partial charge >= 0.3 is 0 Å². The third kappa shape index (κ3) is 3.57. The number of likely N-dealkylation sites (tertiary alicyclic amines) is 1. The van der Waals surface area contributed by atoms with Crippen molar-refractivity contribution in [2.24, 2.45) is 0 Å². The Bertz CT molecular complexity index is 718. The number of aromatic nitrogens is 2. The molecule has 2 aromatic rings. The second kappa shape index (κ2) is 7.18. The summed E-state index contributed by atoms with van der Waals surface area (Å²) < 4.78 is 7.80. The van der Waals surface area contributed by atoms with Crippen LogP contribution in [0.3, 0.4) is 0 Å². The molecule has 0 bridgehead atoms. The lowest BCUT2D eigenvalue weighted by Gasteiger charge is -2.34. The Kier molecular flexibility index (Phi) is 4.80. The second-order valence-corrected chi connectivity index (χ2v) is 5.99. The van der Waals surface area contributed by atoms with E-state index in [0.717, 1.165) is 19.4 Å². The van der Waals surface area contributed by atoms with E-state index < -0.39 is 6.10 Å². The highest BCUT2D eigenvalue weighted by atomic mass is 16.5. The number of nitriles is 1. The van der Waals surface area contributed by atoms with Crippen molar-refractivity contribution in [1.82, 2.24) is 14.5 Å². The van der Waals surface area contributed by atoms with E-state index in [1.807, 2.05) is 11.1 Å². The van der Waals surface area contributed by atoms with Crippen LogP contribution in [0.1, 0.15) is 31.4 Å². The average Bonchev–Trinajstić information content (AvgIpc) is 3.16. The first kappa shape index (κ1) is 16.1. The summed E-state index contributed by atoms with van der Waals surface area (Å²) in [5.41, 5.74) is 0.570. The van der Waals surface area contributed by atoms with Crippen molar-refractivity contribution in [1.29, 1.82) is 5.26 Å². The van der Waals surface area contributed by atoms with Gasteiger partial charge in [-0.2, -0.15) is 5.26 Å². The van der Waals surface area contributed by atoms with E-state index in [2.05, 4.69) is 15.6 Å². The minimum atomic E-state index is -0.556. The average molecular weight is 324 g/mol. The minimum absolute atomic E-state index is 0.0100. The lowest BCUT2D eigenvalue weighted by atomic mass is 10.0. The molecule has 1 aromatic carbocycles. The molecule has 1 aromatic heterocycles. The highest BCUT2D eigenvalue weighted by Gasteiger charge is 2.28. The van der Waals surface area contributed by atoms with E-state index in [1.54, 1.807) is 43.7 Å². The number of ether oxygens (including phenoxy) is 1. The van der Waals surface area contributed by atoms with Crippen molar-refractivity contribution in [2.75, 3.05) is 13.1 Å². The normalized spacial score (nSPS) is 18.7. The first-order chi connectivity index (χ1) is 11.7. The predicted molar refractivity (Wildman–Crippen MR) is 88.3 cm³/mol. The first-order valence-electron chi connectivity index (χ1n) is 8.10. The van der Waals surface area contributed by atoms with Crippen LogP contribution >= 0.6 is 0 Å². The molecule has 1 aliphatic heterocycles. The van der Waals surface area contributed by atoms with Crippen molar-refractivity contribution in [3.63, 3.8) is 0 Å². The molecule has 124 valence electrons. The summed E-state index contributed by atoms with van der Waals surface area (Å²) >= 11 is 0. The van der Waals surface area contributed by atoms with Gasteiger partial charge in [-0.05, 0) is 44.0 Å². The molecule has 0 radical (unpaired) electrons. The molecule has 1 amide bonds. The zero-order valence-corrected chi connectivity index (χ0v) is 13.6. The van der Waals surface area contributed by atoms with Crippen molar-refractivity contribution in [3.05, 3.63) is 48.5 Å².